The Morgan fingerprint density at radius 1 is 0.974 bits per heavy atom. The molecular weight excluding hydrogens is 526 g/mol. The van der Waals surface area contributed by atoms with Gasteiger partial charge in [-0.2, -0.15) is 26.3 Å². The van der Waals surface area contributed by atoms with Gasteiger partial charge in [-0.25, -0.2) is 4.98 Å². The molecule has 2 heterocycles. The molecule has 0 saturated heterocycles. The van der Waals surface area contributed by atoms with Crippen molar-refractivity contribution in [2.45, 2.75) is 38.5 Å². The molecule has 0 aliphatic heterocycles. The van der Waals surface area contributed by atoms with Gasteiger partial charge < -0.3 is 15.7 Å². The number of aliphatic hydroxyl groups is 1. The normalized spacial score (nSPS) is 12.9. The van der Waals surface area contributed by atoms with Gasteiger partial charge in [-0.05, 0) is 60.0 Å². The van der Waals surface area contributed by atoms with Crippen molar-refractivity contribution in [2.24, 2.45) is 0 Å². The van der Waals surface area contributed by atoms with Gasteiger partial charge in [0.1, 0.15) is 5.82 Å². The summed E-state index contributed by atoms with van der Waals surface area (Å²) in [5, 5.41) is 10.1. The number of alkyl halides is 6. The van der Waals surface area contributed by atoms with Gasteiger partial charge in [0.15, 0.2) is 6.10 Å². The lowest BCUT2D eigenvalue weighted by Crippen LogP contribution is -2.30. The number of carbonyl (C=O) groups is 1. The van der Waals surface area contributed by atoms with Crippen LogP contribution < -0.4 is 5.73 Å². The van der Waals surface area contributed by atoms with Gasteiger partial charge in [-0.1, -0.05) is 24.3 Å². The molecule has 1 amide bonds. The molecule has 0 spiro atoms. The number of halogens is 6. The maximum atomic E-state index is 13.6. The minimum Gasteiger partial charge on any atom is -0.383 e. The number of carbonyl (C=O) groups excluding carboxylic acids is 1. The Labute approximate surface area is 218 Å². The fourth-order valence-electron chi connectivity index (χ4n) is 3.91. The number of hydrogen-bond acceptors (Lipinski definition) is 5. The van der Waals surface area contributed by atoms with Gasteiger partial charge >= 0.3 is 12.4 Å². The predicted molar refractivity (Wildman–Crippen MR) is 131 cm³/mol. The van der Waals surface area contributed by atoms with E-state index in [-0.39, 0.29) is 29.9 Å². The molecule has 0 aliphatic rings. The number of nitrogens with two attached hydrogens (primary N) is 1. The molecule has 4 rings (SSSR count). The van der Waals surface area contributed by atoms with Crippen molar-refractivity contribution < 1.29 is 36.2 Å². The summed E-state index contributed by atoms with van der Waals surface area (Å²) in [6.45, 7) is 1.49. The number of anilines is 1. The average Bonchev–Trinajstić information content (AvgIpc) is 2.87. The quantitative estimate of drug-likeness (QED) is 0.290. The Morgan fingerprint density at radius 2 is 1.67 bits per heavy atom. The molecule has 4 aromatic rings. The lowest BCUT2D eigenvalue weighted by atomic mass is 10.1. The van der Waals surface area contributed by atoms with Crippen LogP contribution in [-0.2, 0) is 19.3 Å². The molecule has 12 heteroatoms. The fraction of sp³-hybridized carbons (Fsp3) is 0.222. The molecule has 3 N–H and O–H groups in total. The summed E-state index contributed by atoms with van der Waals surface area (Å²) in [6.07, 6.45) is -11.4. The predicted octanol–water partition coefficient (Wildman–Crippen LogP) is 5.98. The molecule has 39 heavy (non-hydrogen) atoms. The first-order chi connectivity index (χ1) is 18.2. The molecule has 0 aliphatic carbocycles. The standard InChI is InChI=1S/C27H22F6N4O2/c1-15-10-19-11-18(6-9-22(19)36-24(15)34)25(39)37(14-21-8-7-20(12-35-21)26(28,29)30)13-16-2-4-17(5-3-16)23(38)27(31,32)33/h2-12,23,38H,13-14H2,1H3,(H2,34,36)/t23-/m0/s1. The lowest BCUT2D eigenvalue weighted by Gasteiger charge is -2.23. The van der Waals surface area contributed by atoms with Crippen molar-refractivity contribution in [1.82, 2.24) is 14.9 Å². The molecular formula is C27H22F6N4O2. The van der Waals surface area contributed by atoms with E-state index in [2.05, 4.69) is 9.97 Å². The van der Waals surface area contributed by atoms with Crippen LogP contribution in [0.3, 0.4) is 0 Å². The van der Waals surface area contributed by atoms with Crippen LogP contribution in [0.1, 0.15) is 44.4 Å². The fourth-order valence-corrected chi connectivity index (χ4v) is 3.91. The minimum atomic E-state index is -4.84. The van der Waals surface area contributed by atoms with Crippen LogP contribution in [0.4, 0.5) is 32.2 Å². The molecule has 0 fully saturated rings. The smallest absolute Gasteiger partial charge is 0.383 e. The van der Waals surface area contributed by atoms with Gasteiger partial charge in [0, 0.05) is 23.7 Å². The van der Waals surface area contributed by atoms with Gasteiger partial charge in [-0.15, -0.1) is 0 Å². The first kappa shape index (κ1) is 27.8. The van der Waals surface area contributed by atoms with E-state index in [1.807, 2.05) is 0 Å². The van der Waals surface area contributed by atoms with Crippen molar-refractivity contribution in [3.05, 3.63) is 100 Å². The van der Waals surface area contributed by atoms with Crippen molar-refractivity contribution in [1.29, 1.82) is 0 Å². The summed E-state index contributed by atoms with van der Waals surface area (Å²) < 4.78 is 77.4. The Hall–Kier alpha value is -4.19. The number of aliphatic hydroxyl groups excluding tert-OH is 1. The Bertz CT molecular complexity index is 1490. The third kappa shape index (κ3) is 6.45. The topological polar surface area (TPSA) is 92.3 Å². The highest BCUT2D eigenvalue weighted by molar-refractivity contribution is 5.98. The molecule has 2 aromatic carbocycles. The molecule has 1 atom stereocenters. The lowest BCUT2D eigenvalue weighted by molar-refractivity contribution is -0.206. The van der Waals surface area contributed by atoms with Crippen LogP contribution in [0.5, 0.6) is 0 Å². The van der Waals surface area contributed by atoms with Crippen LogP contribution in [0.15, 0.2) is 66.9 Å². The average molecular weight is 548 g/mol. The summed E-state index contributed by atoms with van der Waals surface area (Å²) in [5.41, 5.74) is 6.66. The van der Waals surface area contributed by atoms with Crippen molar-refractivity contribution in [3.8, 4) is 0 Å². The molecule has 2 aromatic heterocycles. The summed E-state index contributed by atoms with van der Waals surface area (Å²) in [4.78, 5) is 23.0. The number of nitrogen functional groups attached to an aromatic ring is 1. The molecule has 0 bridgehead atoms. The molecule has 0 unspecified atom stereocenters. The van der Waals surface area contributed by atoms with Crippen molar-refractivity contribution in [2.75, 3.05) is 5.73 Å². The number of pyridine rings is 2. The highest BCUT2D eigenvalue weighted by Crippen LogP contribution is 2.33. The third-order valence-electron chi connectivity index (χ3n) is 6.06. The number of nitrogens with zero attached hydrogens (tertiary/aromatic N) is 3. The summed E-state index contributed by atoms with van der Waals surface area (Å²) in [6, 6.07) is 13.4. The maximum absolute atomic E-state index is 13.6. The van der Waals surface area contributed by atoms with E-state index in [0.29, 0.717) is 34.0 Å². The van der Waals surface area contributed by atoms with Crippen LogP contribution in [0, 0.1) is 6.92 Å². The second kappa shape index (κ2) is 10.5. The number of benzene rings is 2. The second-order valence-corrected chi connectivity index (χ2v) is 8.98. The van der Waals surface area contributed by atoms with Crippen LogP contribution in [-0.4, -0.2) is 32.1 Å². The monoisotopic (exact) mass is 548 g/mol. The first-order valence-corrected chi connectivity index (χ1v) is 11.5. The number of hydrogen-bond donors (Lipinski definition) is 2. The second-order valence-electron chi connectivity index (χ2n) is 8.98. The maximum Gasteiger partial charge on any atom is 0.418 e. The van der Waals surface area contributed by atoms with E-state index in [4.69, 9.17) is 5.73 Å². The van der Waals surface area contributed by atoms with Crippen molar-refractivity contribution >= 4 is 22.6 Å². The first-order valence-electron chi connectivity index (χ1n) is 11.5. The van der Waals surface area contributed by atoms with E-state index >= 15 is 0 Å². The van der Waals surface area contributed by atoms with E-state index in [0.717, 1.165) is 24.3 Å². The molecule has 204 valence electrons. The zero-order chi connectivity index (χ0) is 28.5. The van der Waals surface area contributed by atoms with Gasteiger partial charge in [0.25, 0.3) is 5.91 Å². The molecule has 0 radical (unpaired) electrons. The minimum absolute atomic E-state index is 0.0962. The largest absolute Gasteiger partial charge is 0.418 e. The zero-order valence-electron chi connectivity index (χ0n) is 20.4. The Balaban J connectivity index is 1.65. The number of rotatable bonds is 6. The van der Waals surface area contributed by atoms with Crippen LogP contribution >= 0.6 is 0 Å². The molecule has 0 saturated carbocycles. The number of aryl methyl sites for hydroxylation is 1. The third-order valence-corrected chi connectivity index (χ3v) is 6.06. The summed E-state index contributed by atoms with van der Waals surface area (Å²) in [7, 11) is 0. The van der Waals surface area contributed by atoms with Crippen molar-refractivity contribution in [3.63, 3.8) is 0 Å². The van der Waals surface area contributed by atoms with Crippen LogP contribution in [0.2, 0.25) is 0 Å². The number of fused-ring (bicyclic) bond motifs is 1. The molecule has 6 nitrogen and oxygen atoms in total. The van der Waals surface area contributed by atoms with Gasteiger partial charge in [0.2, 0.25) is 0 Å². The summed E-state index contributed by atoms with van der Waals surface area (Å²) >= 11 is 0. The van der Waals surface area contributed by atoms with E-state index in [1.54, 1.807) is 25.1 Å². The SMILES string of the molecule is Cc1cc2cc(C(=O)N(Cc3ccc([C@H](O)C(F)(F)F)cc3)Cc3ccc(C(F)(F)F)cn3)ccc2nc1N. The van der Waals surface area contributed by atoms with Gasteiger partial charge in [-0.3, -0.25) is 9.78 Å². The van der Waals surface area contributed by atoms with E-state index in [1.165, 1.54) is 23.1 Å². The summed E-state index contributed by atoms with van der Waals surface area (Å²) in [5.74, 6) is -0.150. The number of aromatic nitrogens is 2. The van der Waals surface area contributed by atoms with E-state index < -0.39 is 29.9 Å². The van der Waals surface area contributed by atoms with Gasteiger partial charge in [0.05, 0.1) is 23.3 Å². The van der Waals surface area contributed by atoms with Crippen LogP contribution in [0.25, 0.3) is 10.9 Å². The van der Waals surface area contributed by atoms with E-state index in [9.17, 15) is 36.2 Å². The highest BCUT2D eigenvalue weighted by Gasteiger charge is 2.39. The Kier molecular flexibility index (Phi) is 7.51. The highest BCUT2D eigenvalue weighted by atomic mass is 19.4. The Morgan fingerprint density at radius 3 is 2.26 bits per heavy atom. The zero-order valence-corrected chi connectivity index (χ0v) is 20.4. The number of amides is 1.